The van der Waals surface area contributed by atoms with Gasteiger partial charge in [0.15, 0.2) is 5.17 Å². The fraction of sp³-hybridized carbons (Fsp3) is 0.471. The van der Waals surface area contributed by atoms with E-state index in [1.807, 2.05) is 0 Å². The smallest absolute Gasteiger partial charge is 0.154 e. The van der Waals surface area contributed by atoms with Crippen molar-refractivity contribution in [3.63, 3.8) is 0 Å². The van der Waals surface area contributed by atoms with Gasteiger partial charge in [0.2, 0.25) is 0 Å². The zero-order valence-corrected chi connectivity index (χ0v) is 14.7. The first kappa shape index (κ1) is 18.0. The summed E-state index contributed by atoms with van der Waals surface area (Å²) in [6, 6.07) is 3.51. The zero-order chi connectivity index (χ0) is 18.0. The van der Waals surface area contributed by atoms with E-state index in [-0.39, 0.29) is 18.6 Å². The lowest BCUT2D eigenvalue weighted by molar-refractivity contribution is -0.0261. The largest absolute Gasteiger partial charge is 0.379 e. The summed E-state index contributed by atoms with van der Waals surface area (Å²) in [7, 11) is 1.66. The summed E-state index contributed by atoms with van der Waals surface area (Å²) in [5.41, 5.74) is 5.67. The van der Waals surface area contributed by atoms with E-state index in [1.165, 1.54) is 23.9 Å². The van der Waals surface area contributed by atoms with Gasteiger partial charge in [0.25, 0.3) is 0 Å². The van der Waals surface area contributed by atoms with Gasteiger partial charge in [-0.1, -0.05) is 17.8 Å². The van der Waals surface area contributed by atoms with Gasteiger partial charge in [0.1, 0.15) is 17.2 Å². The lowest BCUT2D eigenvalue weighted by Gasteiger charge is -2.46. The maximum Gasteiger partial charge on any atom is 0.154 e. The molecule has 1 aromatic carbocycles. The SMILES string of the molecule is CN=CCC(=N)C1CC2CSC(N)=NC2(c2ccc(F)cc2F)CO1. The Kier molecular flexibility index (Phi) is 5.19. The fourth-order valence-corrected chi connectivity index (χ4v) is 4.38. The summed E-state index contributed by atoms with van der Waals surface area (Å²) in [6.45, 7) is 0.109. The van der Waals surface area contributed by atoms with E-state index in [1.54, 1.807) is 13.3 Å². The van der Waals surface area contributed by atoms with Gasteiger partial charge in [0.05, 0.1) is 12.7 Å². The lowest BCUT2D eigenvalue weighted by Crippen LogP contribution is -2.52. The molecule has 134 valence electrons. The third kappa shape index (κ3) is 3.46. The molecule has 1 fully saturated rings. The highest BCUT2D eigenvalue weighted by molar-refractivity contribution is 8.13. The maximum atomic E-state index is 14.5. The number of hydrogen-bond acceptors (Lipinski definition) is 6. The summed E-state index contributed by atoms with van der Waals surface area (Å²) in [4.78, 5) is 8.42. The first-order valence-electron chi connectivity index (χ1n) is 7.99. The molecule has 2 aliphatic heterocycles. The predicted octanol–water partition coefficient (Wildman–Crippen LogP) is 2.74. The van der Waals surface area contributed by atoms with Crippen LogP contribution in [0.1, 0.15) is 18.4 Å². The molecular weight excluding hydrogens is 346 g/mol. The minimum atomic E-state index is -0.970. The Labute approximate surface area is 149 Å². The number of halogens is 2. The van der Waals surface area contributed by atoms with Crippen LogP contribution in [0.4, 0.5) is 8.78 Å². The highest BCUT2D eigenvalue weighted by Crippen LogP contribution is 2.46. The average molecular weight is 366 g/mol. The van der Waals surface area contributed by atoms with Crippen molar-refractivity contribution in [1.82, 2.24) is 0 Å². The van der Waals surface area contributed by atoms with Crippen molar-refractivity contribution in [2.45, 2.75) is 24.5 Å². The Morgan fingerprint density at radius 3 is 3.08 bits per heavy atom. The second kappa shape index (κ2) is 7.21. The molecule has 2 aliphatic rings. The lowest BCUT2D eigenvalue weighted by atomic mass is 9.74. The summed E-state index contributed by atoms with van der Waals surface area (Å²) in [6.07, 6.45) is 2.27. The monoisotopic (exact) mass is 366 g/mol. The van der Waals surface area contributed by atoms with Crippen LogP contribution in [0.3, 0.4) is 0 Å². The first-order chi connectivity index (χ1) is 12.0. The number of hydrogen-bond donors (Lipinski definition) is 2. The Morgan fingerprint density at radius 2 is 2.36 bits per heavy atom. The van der Waals surface area contributed by atoms with Crippen molar-refractivity contribution < 1.29 is 13.5 Å². The van der Waals surface area contributed by atoms with Gasteiger partial charge in [-0.2, -0.15) is 0 Å². The van der Waals surface area contributed by atoms with Crippen LogP contribution in [0.15, 0.2) is 28.2 Å². The normalized spacial score (nSPS) is 29.3. The standard InChI is InChI=1S/C17H20F2N4OS/c1-22-5-4-14(20)15-6-10-8-25-16(21)23-17(10,9-24-15)12-3-2-11(18)7-13(12)19/h2-3,5,7,10,15,20H,4,6,8-9H2,1H3,(H2,21,23). The van der Waals surface area contributed by atoms with E-state index >= 15 is 0 Å². The van der Waals surface area contributed by atoms with Crippen molar-refractivity contribution in [3.8, 4) is 0 Å². The van der Waals surface area contributed by atoms with Gasteiger partial charge in [-0.15, -0.1) is 0 Å². The number of nitrogens with two attached hydrogens (primary N) is 1. The van der Waals surface area contributed by atoms with E-state index in [0.717, 1.165) is 6.07 Å². The van der Waals surface area contributed by atoms with E-state index < -0.39 is 17.2 Å². The highest BCUT2D eigenvalue weighted by Gasteiger charge is 2.49. The van der Waals surface area contributed by atoms with Crippen molar-refractivity contribution in [2.24, 2.45) is 21.6 Å². The number of rotatable bonds is 4. The zero-order valence-electron chi connectivity index (χ0n) is 13.8. The molecule has 3 unspecified atom stereocenters. The summed E-state index contributed by atoms with van der Waals surface area (Å²) >= 11 is 1.42. The van der Waals surface area contributed by atoms with Crippen LogP contribution in [0.5, 0.6) is 0 Å². The number of fused-ring (bicyclic) bond motifs is 1. The van der Waals surface area contributed by atoms with Crippen LogP contribution in [-0.2, 0) is 10.3 Å². The van der Waals surface area contributed by atoms with Crippen molar-refractivity contribution >= 4 is 28.9 Å². The average Bonchev–Trinajstić information content (AvgIpc) is 2.58. The van der Waals surface area contributed by atoms with Crippen molar-refractivity contribution in [1.29, 1.82) is 5.41 Å². The van der Waals surface area contributed by atoms with Gasteiger partial charge in [0, 0.05) is 48.7 Å². The number of thioether (sulfide) groups is 1. The van der Waals surface area contributed by atoms with Crippen LogP contribution >= 0.6 is 11.8 Å². The third-order valence-corrected chi connectivity index (χ3v) is 5.66. The quantitative estimate of drug-likeness (QED) is 0.804. The Morgan fingerprint density at radius 1 is 1.56 bits per heavy atom. The first-order valence-corrected chi connectivity index (χ1v) is 8.98. The molecule has 3 atom stereocenters. The minimum absolute atomic E-state index is 0.0533. The molecule has 1 aromatic rings. The Balaban J connectivity index is 1.93. The van der Waals surface area contributed by atoms with E-state index in [2.05, 4.69) is 9.98 Å². The van der Waals surface area contributed by atoms with Crippen molar-refractivity contribution in [2.75, 3.05) is 19.4 Å². The van der Waals surface area contributed by atoms with Crippen LogP contribution < -0.4 is 5.73 Å². The Bertz CT molecular complexity index is 739. The molecule has 0 saturated carbocycles. The van der Waals surface area contributed by atoms with Crippen LogP contribution in [0.25, 0.3) is 0 Å². The number of aliphatic imine (C=N–C) groups is 2. The molecule has 8 heteroatoms. The predicted molar refractivity (Wildman–Crippen MR) is 96.7 cm³/mol. The number of benzene rings is 1. The molecule has 0 bridgehead atoms. The van der Waals surface area contributed by atoms with E-state index in [0.29, 0.717) is 35.0 Å². The Hall–Kier alpha value is -1.80. The van der Waals surface area contributed by atoms with Gasteiger partial charge in [-0.05, 0) is 12.5 Å². The number of nitrogens with one attached hydrogen (secondary N) is 1. The maximum absolute atomic E-state index is 14.5. The van der Waals surface area contributed by atoms with Gasteiger partial charge in [-0.25, -0.2) is 13.8 Å². The molecule has 0 aliphatic carbocycles. The summed E-state index contributed by atoms with van der Waals surface area (Å²) in [5, 5.41) is 8.53. The number of amidine groups is 1. The summed E-state index contributed by atoms with van der Waals surface area (Å²) < 4.78 is 33.7. The topological polar surface area (TPSA) is 83.8 Å². The fourth-order valence-electron chi connectivity index (χ4n) is 3.37. The molecule has 5 nitrogen and oxygen atoms in total. The molecule has 3 N–H and O–H groups in total. The second-order valence-electron chi connectivity index (χ2n) is 6.21. The number of nitrogens with zero attached hydrogens (tertiary/aromatic N) is 2. The van der Waals surface area contributed by atoms with Crippen LogP contribution in [-0.4, -0.2) is 42.6 Å². The molecule has 0 amide bonds. The highest BCUT2D eigenvalue weighted by atomic mass is 32.2. The molecule has 0 radical (unpaired) electrons. The van der Waals surface area contributed by atoms with Gasteiger partial charge < -0.3 is 20.9 Å². The van der Waals surface area contributed by atoms with Crippen LogP contribution in [0, 0.1) is 23.0 Å². The third-order valence-electron chi connectivity index (χ3n) is 4.70. The van der Waals surface area contributed by atoms with Gasteiger partial charge >= 0.3 is 0 Å². The molecule has 25 heavy (non-hydrogen) atoms. The molecule has 2 heterocycles. The van der Waals surface area contributed by atoms with Crippen molar-refractivity contribution in [3.05, 3.63) is 35.4 Å². The molecule has 1 saturated heterocycles. The van der Waals surface area contributed by atoms with Crippen LogP contribution in [0.2, 0.25) is 0 Å². The minimum Gasteiger partial charge on any atom is -0.379 e. The molecule has 0 spiro atoms. The van der Waals surface area contributed by atoms with Gasteiger partial charge in [-0.3, -0.25) is 0 Å². The summed E-state index contributed by atoms with van der Waals surface area (Å²) in [5.74, 6) is -0.682. The number of ether oxygens (including phenoxy) is 1. The molecule has 3 rings (SSSR count). The van der Waals surface area contributed by atoms with E-state index in [4.69, 9.17) is 15.9 Å². The molecular formula is C17H20F2N4OS. The molecule has 0 aromatic heterocycles. The second-order valence-corrected chi connectivity index (χ2v) is 7.25. The van der Waals surface area contributed by atoms with E-state index in [9.17, 15) is 8.78 Å².